The molecule has 0 spiro atoms. The monoisotopic (exact) mass is 324 g/mol. The van der Waals surface area contributed by atoms with E-state index in [2.05, 4.69) is 48.4 Å². The fourth-order valence-corrected chi connectivity index (χ4v) is 2.93. The highest BCUT2D eigenvalue weighted by molar-refractivity contribution is 5.52. The Morgan fingerprint density at radius 2 is 1.96 bits per heavy atom. The van der Waals surface area contributed by atoms with Gasteiger partial charge in [0.1, 0.15) is 5.82 Å². The number of anilines is 1. The molecule has 1 fully saturated rings. The number of hydrogen-bond donors (Lipinski definition) is 2. The van der Waals surface area contributed by atoms with Crippen LogP contribution in [0.3, 0.4) is 0 Å². The van der Waals surface area contributed by atoms with Gasteiger partial charge in [-0.2, -0.15) is 0 Å². The Bertz CT molecular complexity index is 734. The molecule has 24 heavy (non-hydrogen) atoms. The summed E-state index contributed by atoms with van der Waals surface area (Å²) in [6, 6.07) is 13.8. The van der Waals surface area contributed by atoms with Crippen LogP contribution in [0.5, 0.6) is 0 Å². The highest BCUT2D eigenvalue weighted by atomic mass is 19.1. The van der Waals surface area contributed by atoms with Crippen LogP contribution in [0.25, 0.3) is 0 Å². The summed E-state index contributed by atoms with van der Waals surface area (Å²) in [5.41, 5.74) is 4.71. The average Bonchev–Trinajstić information content (AvgIpc) is 3.34. The summed E-state index contributed by atoms with van der Waals surface area (Å²) in [6.45, 7) is 8.74. The predicted octanol–water partition coefficient (Wildman–Crippen LogP) is 5.17. The molecule has 1 aliphatic rings. The summed E-state index contributed by atoms with van der Waals surface area (Å²) in [5.74, 6) is 0.526. The lowest BCUT2D eigenvalue weighted by Gasteiger charge is -2.21. The number of benzene rings is 2. The molecule has 1 aliphatic carbocycles. The van der Waals surface area contributed by atoms with Crippen LogP contribution in [0.2, 0.25) is 0 Å². The van der Waals surface area contributed by atoms with Crippen molar-refractivity contribution in [3.05, 3.63) is 77.2 Å². The normalized spacial score (nSPS) is 15.1. The number of aryl methyl sites for hydroxylation is 1. The molecule has 0 saturated heterocycles. The van der Waals surface area contributed by atoms with Crippen LogP contribution in [-0.2, 0) is 0 Å². The zero-order valence-corrected chi connectivity index (χ0v) is 14.4. The van der Waals surface area contributed by atoms with Gasteiger partial charge in [-0.1, -0.05) is 42.5 Å². The lowest BCUT2D eigenvalue weighted by Crippen LogP contribution is -2.25. The molecule has 126 valence electrons. The van der Waals surface area contributed by atoms with Crippen molar-refractivity contribution in [2.24, 2.45) is 5.92 Å². The summed E-state index contributed by atoms with van der Waals surface area (Å²) < 4.78 is 14.1. The van der Waals surface area contributed by atoms with Crippen molar-refractivity contribution in [2.45, 2.75) is 32.7 Å². The molecule has 0 amide bonds. The number of rotatable bonds is 7. The van der Waals surface area contributed by atoms with Gasteiger partial charge in [-0.05, 0) is 62.4 Å². The van der Waals surface area contributed by atoms with Crippen LogP contribution in [0, 0.1) is 18.7 Å². The van der Waals surface area contributed by atoms with Crippen molar-refractivity contribution >= 4 is 5.69 Å². The molecule has 3 rings (SSSR count). The molecule has 0 heterocycles. The lowest BCUT2D eigenvalue weighted by atomic mass is 9.96. The molecule has 1 atom stereocenters. The molecular weight excluding hydrogens is 299 g/mol. The van der Waals surface area contributed by atoms with Crippen LogP contribution < -0.4 is 10.6 Å². The number of nitrogens with one attached hydrogen (secondary N) is 2. The standard InChI is InChI=1S/C21H25FN2/c1-14(2)24-20-12-18(9-10-19(20)22)21(23-13-16-7-8-16)17-6-4-5-15(3)11-17/h4-6,9-12,16,21,23-24H,1,7-8,13H2,2-3H3. The summed E-state index contributed by atoms with van der Waals surface area (Å²) >= 11 is 0. The first-order valence-corrected chi connectivity index (χ1v) is 8.55. The van der Waals surface area contributed by atoms with Crippen molar-refractivity contribution in [3.8, 4) is 0 Å². The third kappa shape index (κ3) is 4.24. The van der Waals surface area contributed by atoms with Gasteiger partial charge in [0.2, 0.25) is 0 Å². The van der Waals surface area contributed by atoms with E-state index in [1.807, 2.05) is 19.1 Å². The Morgan fingerprint density at radius 1 is 1.21 bits per heavy atom. The SMILES string of the molecule is C=C(C)Nc1cc(C(NCC2CC2)c2cccc(C)c2)ccc1F. The Balaban J connectivity index is 1.93. The van der Waals surface area contributed by atoms with Gasteiger partial charge in [0.05, 0.1) is 11.7 Å². The molecule has 2 aromatic carbocycles. The Kier molecular flexibility index (Phi) is 5.00. The van der Waals surface area contributed by atoms with Gasteiger partial charge in [-0.3, -0.25) is 0 Å². The fraction of sp³-hybridized carbons (Fsp3) is 0.333. The van der Waals surface area contributed by atoms with Crippen LogP contribution >= 0.6 is 0 Å². The molecule has 2 aromatic rings. The minimum atomic E-state index is -0.257. The summed E-state index contributed by atoms with van der Waals surface area (Å²) in [5, 5.41) is 6.68. The summed E-state index contributed by atoms with van der Waals surface area (Å²) in [7, 11) is 0. The van der Waals surface area contributed by atoms with Crippen molar-refractivity contribution in [1.82, 2.24) is 5.32 Å². The van der Waals surface area contributed by atoms with E-state index in [9.17, 15) is 4.39 Å². The molecule has 1 unspecified atom stereocenters. The summed E-state index contributed by atoms with van der Waals surface area (Å²) in [6.07, 6.45) is 2.61. The van der Waals surface area contributed by atoms with E-state index in [-0.39, 0.29) is 11.9 Å². The van der Waals surface area contributed by atoms with Crippen LogP contribution in [0.15, 0.2) is 54.7 Å². The largest absolute Gasteiger partial charge is 0.357 e. The van der Waals surface area contributed by atoms with Gasteiger partial charge in [0.25, 0.3) is 0 Å². The maximum atomic E-state index is 14.1. The number of hydrogen-bond acceptors (Lipinski definition) is 2. The zero-order chi connectivity index (χ0) is 17.1. The van der Waals surface area contributed by atoms with E-state index in [1.54, 1.807) is 0 Å². The lowest BCUT2D eigenvalue weighted by molar-refractivity contribution is 0.571. The smallest absolute Gasteiger partial charge is 0.146 e. The Morgan fingerprint density at radius 3 is 2.62 bits per heavy atom. The number of halogens is 1. The minimum Gasteiger partial charge on any atom is -0.357 e. The molecule has 0 aliphatic heterocycles. The van der Waals surface area contributed by atoms with Gasteiger partial charge in [0.15, 0.2) is 0 Å². The molecule has 0 bridgehead atoms. The first kappa shape index (κ1) is 16.7. The van der Waals surface area contributed by atoms with Gasteiger partial charge < -0.3 is 10.6 Å². The number of allylic oxidation sites excluding steroid dienone is 1. The molecule has 0 aromatic heterocycles. The van der Waals surface area contributed by atoms with Crippen molar-refractivity contribution < 1.29 is 4.39 Å². The van der Waals surface area contributed by atoms with Crippen molar-refractivity contribution in [3.63, 3.8) is 0 Å². The predicted molar refractivity (Wildman–Crippen MR) is 98.6 cm³/mol. The second-order valence-corrected chi connectivity index (χ2v) is 6.84. The van der Waals surface area contributed by atoms with Gasteiger partial charge >= 0.3 is 0 Å². The Labute approximate surface area is 143 Å². The van der Waals surface area contributed by atoms with Gasteiger partial charge in [-0.25, -0.2) is 4.39 Å². The van der Waals surface area contributed by atoms with E-state index in [4.69, 9.17) is 0 Å². The van der Waals surface area contributed by atoms with E-state index < -0.39 is 0 Å². The molecule has 2 N–H and O–H groups in total. The third-order valence-electron chi connectivity index (χ3n) is 4.35. The zero-order valence-electron chi connectivity index (χ0n) is 14.4. The molecule has 3 heteroatoms. The molecule has 2 nitrogen and oxygen atoms in total. The van der Waals surface area contributed by atoms with E-state index in [1.165, 1.54) is 30.0 Å². The Hall–Kier alpha value is -2.13. The van der Waals surface area contributed by atoms with Crippen molar-refractivity contribution in [1.29, 1.82) is 0 Å². The minimum absolute atomic E-state index is 0.0665. The van der Waals surface area contributed by atoms with Gasteiger partial charge in [-0.15, -0.1) is 0 Å². The second-order valence-electron chi connectivity index (χ2n) is 6.84. The maximum Gasteiger partial charge on any atom is 0.146 e. The van der Waals surface area contributed by atoms with Crippen LogP contribution in [0.4, 0.5) is 10.1 Å². The highest BCUT2D eigenvalue weighted by Crippen LogP contribution is 2.31. The van der Waals surface area contributed by atoms with Crippen LogP contribution in [-0.4, -0.2) is 6.54 Å². The maximum absolute atomic E-state index is 14.1. The first-order chi connectivity index (χ1) is 11.5. The highest BCUT2D eigenvalue weighted by Gasteiger charge is 2.24. The van der Waals surface area contributed by atoms with E-state index in [0.717, 1.165) is 23.7 Å². The quantitative estimate of drug-likeness (QED) is 0.734. The molecule has 1 saturated carbocycles. The van der Waals surface area contributed by atoms with Crippen LogP contribution in [0.1, 0.15) is 42.5 Å². The van der Waals surface area contributed by atoms with E-state index >= 15 is 0 Å². The summed E-state index contributed by atoms with van der Waals surface area (Å²) in [4.78, 5) is 0. The topological polar surface area (TPSA) is 24.1 Å². The molecule has 0 radical (unpaired) electrons. The third-order valence-corrected chi connectivity index (χ3v) is 4.35. The second kappa shape index (κ2) is 7.18. The first-order valence-electron chi connectivity index (χ1n) is 8.55. The van der Waals surface area contributed by atoms with Crippen molar-refractivity contribution in [2.75, 3.05) is 11.9 Å². The molecular formula is C21H25FN2. The fourth-order valence-electron chi connectivity index (χ4n) is 2.93. The van der Waals surface area contributed by atoms with Gasteiger partial charge in [0, 0.05) is 5.70 Å². The average molecular weight is 324 g/mol. The van der Waals surface area contributed by atoms with E-state index in [0.29, 0.717) is 5.69 Å².